The fourth-order valence-electron chi connectivity index (χ4n) is 16.4. The number of aromatic nitrogens is 8. The minimum absolute atomic E-state index is 0.0587. The van der Waals surface area contributed by atoms with Crippen molar-refractivity contribution in [1.29, 1.82) is 0 Å². The molecule has 14 N–H and O–H groups in total. The summed E-state index contributed by atoms with van der Waals surface area (Å²) in [5.74, 6) is 1.12. The molecule has 32 nitrogen and oxygen atoms in total. The lowest BCUT2D eigenvalue weighted by Crippen LogP contribution is -2.48. The van der Waals surface area contributed by atoms with Crippen LogP contribution in [0, 0.1) is 0 Å². The predicted molar refractivity (Wildman–Crippen MR) is 422 cm³/mol. The van der Waals surface area contributed by atoms with Gasteiger partial charge >= 0.3 is 24.1 Å². The lowest BCUT2D eigenvalue weighted by atomic mass is 9.91. The number of rotatable bonds is 24. The number of amides is 10. The number of nitrogens with zero attached hydrogens (tertiary/aromatic N) is 12. The Labute approximate surface area is 647 Å². The van der Waals surface area contributed by atoms with Crippen molar-refractivity contribution in [2.24, 2.45) is 0 Å². The summed E-state index contributed by atoms with van der Waals surface area (Å²) in [5.41, 5.74) is 7.13. The van der Waals surface area contributed by atoms with E-state index >= 15 is 0 Å². The first-order valence-corrected chi connectivity index (χ1v) is 38.8. The van der Waals surface area contributed by atoms with E-state index in [1.54, 1.807) is 69.7 Å². The maximum atomic E-state index is 13.8. The Kier molecular flexibility index (Phi) is 22.9. The smallest absolute Gasteiger partial charge is 0.321 e. The minimum atomic E-state index is -1.22. The number of imidazole rings is 2. The standard InChI is InChI=1S/C80H96N22O10/c1-3-63(103)91-59-37-61(69(107)67(59)105)101-45-83-65-71(81-39-57(47-18-9-5-10-19-47)48-20-11-6-12-21-48)93-75(95-73(65)101)97-32-28-53(41-97)85-77(109)87-55-30-34-99(43-55)79(111)89-51-26-17-27-52(36-51)90-80(112)100-35-31-56(44-100)88-78(110)86-54-29-33-98(42-54)76-94-72(82-40-58(49-22-13-7-14-23-49)50-24-15-8-16-25-50)66-74(96-76)102(46-84-66)62-38-60(68(106)70(62)108)92-64(104)4-2/h5-27,36,45-46,53-62,67-70,105-108H,3-4,28-35,37-44H2,1-2H3,(H,89,111)(H,90,112)(H,91,103)(H,92,104)(H,81,93,95)(H,82,94,96)(H2,85,87,109)(H2,86,88,110)/t53?,54?,55-,56+,59-,60-,61+,62+,67+,68+,69-,70-/m0/s1. The van der Waals surface area contributed by atoms with Crippen LogP contribution in [0.1, 0.15) is 111 Å². The molecule has 12 atom stereocenters. The molecule has 6 aliphatic rings. The number of likely N-dealkylation sites (tertiary alicyclic amines) is 2. The Morgan fingerprint density at radius 1 is 0.429 bits per heavy atom. The number of carbonyl (C=O) groups is 6. The summed E-state index contributed by atoms with van der Waals surface area (Å²) in [6, 6.07) is 42.2. The molecule has 2 saturated carbocycles. The molecule has 15 rings (SSSR count). The molecular formula is C80H96N22O10. The van der Waals surface area contributed by atoms with Gasteiger partial charge in [-0.05, 0) is 79.0 Å². The summed E-state index contributed by atoms with van der Waals surface area (Å²) in [6.45, 7) is 7.43. The van der Waals surface area contributed by atoms with Crippen molar-refractivity contribution in [2.75, 3.05) is 96.5 Å². The second-order valence-electron chi connectivity index (χ2n) is 29.9. The van der Waals surface area contributed by atoms with Gasteiger partial charge in [0.15, 0.2) is 34.0 Å². The molecule has 6 fully saturated rings. The number of aliphatic hydroxyl groups excluding tert-OH is 4. The van der Waals surface area contributed by atoms with E-state index in [0.29, 0.717) is 135 Å². The zero-order valence-electron chi connectivity index (χ0n) is 62.4. The Hall–Kier alpha value is -11.7. The van der Waals surface area contributed by atoms with Crippen LogP contribution in [-0.4, -0.2) is 231 Å². The van der Waals surface area contributed by atoms with E-state index in [4.69, 9.17) is 29.9 Å². The summed E-state index contributed by atoms with van der Waals surface area (Å²) < 4.78 is 3.50. The van der Waals surface area contributed by atoms with Gasteiger partial charge in [-0.2, -0.15) is 19.9 Å². The molecular weight excluding hydrogens is 1430 g/mol. The van der Waals surface area contributed by atoms with Crippen LogP contribution in [-0.2, 0) is 9.59 Å². The van der Waals surface area contributed by atoms with Crippen LogP contribution in [0.25, 0.3) is 22.3 Å². The van der Waals surface area contributed by atoms with Crippen LogP contribution in [0.15, 0.2) is 158 Å². The van der Waals surface area contributed by atoms with Crippen LogP contribution in [0.5, 0.6) is 0 Å². The van der Waals surface area contributed by atoms with Crippen molar-refractivity contribution in [1.82, 2.24) is 80.7 Å². The third-order valence-corrected chi connectivity index (χ3v) is 22.5. The first-order valence-electron chi connectivity index (χ1n) is 38.8. The molecule has 586 valence electrons. The normalized spacial score (nSPS) is 23.6. The summed E-state index contributed by atoms with van der Waals surface area (Å²) in [6.07, 6.45) is 1.45. The minimum Gasteiger partial charge on any atom is -0.388 e. The molecule has 10 amide bonds. The number of carbonyl (C=O) groups excluding carboxylic acids is 6. The zero-order valence-corrected chi connectivity index (χ0v) is 62.4. The summed E-state index contributed by atoms with van der Waals surface area (Å²) in [4.78, 5) is 117. The Balaban J connectivity index is 0.526. The van der Waals surface area contributed by atoms with E-state index in [-0.39, 0.29) is 111 Å². The van der Waals surface area contributed by atoms with Crippen molar-refractivity contribution in [3.05, 3.63) is 181 Å². The largest absolute Gasteiger partial charge is 0.388 e. The van der Waals surface area contributed by atoms with Gasteiger partial charge in [0, 0.05) is 126 Å². The highest BCUT2D eigenvalue weighted by Crippen LogP contribution is 2.39. The van der Waals surface area contributed by atoms with E-state index < -0.39 is 48.6 Å². The number of aliphatic hydroxyl groups is 4. The van der Waals surface area contributed by atoms with Crippen LogP contribution in [0.2, 0.25) is 0 Å². The van der Waals surface area contributed by atoms with Crippen LogP contribution >= 0.6 is 0 Å². The van der Waals surface area contributed by atoms with E-state index in [1.807, 2.05) is 82.6 Å². The molecule has 4 aromatic heterocycles. The molecule has 4 saturated heterocycles. The highest BCUT2D eigenvalue weighted by molar-refractivity contribution is 5.93. The molecule has 9 aromatic rings. The number of anilines is 6. The van der Waals surface area contributed by atoms with Crippen LogP contribution in [0.3, 0.4) is 0 Å². The molecule has 0 bridgehead atoms. The third-order valence-electron chi connectivity index (χ3n) is 22.5. The maximum Gasteiger partial charge on any atom is 0.321 e. The highest BCUT2D eigenvalue weighted by Gasteiger charge is 2.46. The van der Waals surface area contributed by atoms with Gasteiger partial charge in [-0.1, -0.05) is 141 Å². The quantitative estimate of drug-likeness (QED) is 0.0332. The van der Waals surface area contributed by atoms with Gasteiger partial charge in [0.25, 0.3) is 0 Å². The van der Waals surface area contributed by atoms with Gasteiger partial charge in [0.05, 0.1) is 36.8 Å². The molecule has 112 heavy (non-hydrogen) atoms. The maximum absolute atomic E-state index is 13.8. The highest BCUT2D eigenvalue weighted by atomic mass is 16.3. The molecule has 0 radical (unpaired) electrons. The fourth-order valence-corrected chi connectivity index (χ4v) is 16.4. The van der Waals surface area contributed by atoms with E-state index in [1.165, 1.54) is 0 Å². The molecule has 2 unspecified atom stereocenters. The lowest BCUT2D eigenvalue weighted by Gasteiger charge is -2.22. The van der Waals surface area contributed by atoms with E-state index in [9.17, 15) is 49.2 Å². The van der Waals surface area contributed by atoms with Crippen molar-refractivity contribution in [2.45, 2.75) is 150 Å². The zero-order chi connectivity index (χ0) is 77.5. The van der Waals surface area contributed by atoms with Gasteiger partial charge in [-0.25, -0.2) is 29.1 Å². The van der Waals surface area contributed by atoms with Gasteiger partial charge in [0.1, 0.15) is 24.4 Å². The second-order valence-corrected chi connectivity index (χ2v) is 29.9. The first-order chi connectivity index (χ1) is 54.5. The van der Waals surface area contributed by atoms with Gasteiger partial charge < -0.3 is 102 Å². The average Bonchev–Trinajstić information content (AvgIpc) is 1.60. The summed E-state index contributed by atoms with van der Waals surface area (Å²) >= 11 is 0. The van der Waals surface area contributed by atoms with Crippen molar-refractivity contribution in [3.8, 4) is 0 Å². The molecule has 5 aromatic carbocycles. The van der Waals surface area contributed by atoms with Crippen molar-refractivity contribution < 1.29 is 49.2 Å². The van der Waals surface area contributed by atoms with Crippen molar-refractivity contribution in [3.63, 3.8) is 0 Å². The topological polar surface area (TPSA) is 404 Å². The monoisotopic (exact) mass is 1520 g/mol. The molecule has 2 aliphatic carbocycles. The first kappa shape index (κ1) is 75.7. The number of urea groups is 4. The van der Waals surface area contributed by atoms with Gasteiger partial charge in [-0.15, -0.1) is 0 Å². The SMILES string of the molecule is CCC(=O)N[C@H]1C[C@@H](n2cnc3c(NCC(c4ccccc4)c4ccccc4)nc(N4CCC(NC(=O)N[C@@H]5CCN(C(=O)Nc6cccc(NC(=O)N7CC[C@H](NC(=O)NC8CCN(c9nc(NCC(c%10ccccc%10)c%10ccccc%10)c%10ncn([C@@H]%11C[C@H](NC(=O)CC)[C@@H](O)[C@H]%11O)c%10n9)C8)C7)c6)C5)C4)nc32)[C@H](O)[C@@H]1O. The second kappa shape index (κ2) is 33.9. The number of benzene rings is 5. The number of hydrogen-bond donors (Lipinski definition) is 14. The van der Waals surface area contributed by atoms with Gasteiger partial charge in [-0.3, -0.25) is 9.59 Å². The van der Waals surface area contributed by atoms with Gasteiger partial charge in [0.2, 0.25) is 23.7 Å². The van der Waals surface area contributed by atoms with E-state index in [0.717, 1.165) is 22.3 Å². The number of fused-ring (bicyclic) bond motifs is 2. The number of nitrogens with one attached hydrogen (secondary N) is 10. The molecule has 8 heterocycles. The predicted octanol–water partition coefficient (Wildman–Crippen LogP) is 5.95. The summed E-state index contributed by atoms with van der Waals surface area (Å²) in [7, 11) is 0. The molecule has 0 spiro atoms. The van der Waals surface area contributed by atoms with Crippen LogP contribution < -0.4 is 63.0 Å². The lowest BCUT2D eigenvalue weighted by molar-refractivity contribution is -0.123. The third kappa shape index (κ3) is 16.9. The Morgan fingerprint density at radius 3 is 1.15 bits per heavy atom. The Bertz CT molecular complexity index is 4440. The average molecular weight is 1530 g/mol. The molecule has 4 aliphatic heterocycles. The fraction of sp³-hybridized carbons (Fsp3) is 0.425. The van der Waals surface area contributed by atoms with Crippen LogP contribution in [0.4, 0.5) is 54.1 Å². The van der Waals surface area contributed by atoms with E-state index in [2.05, 4.69) is 102 Å². The number of hydrogen-bond acceptors (Lipinski definition) is 20. The Morgan fingerprint density at radius 2 is 0.786 bits per heavy atom. The molecule has 32 heteroatoms. The van der Waals surface area contributed by atoms with Crippen molar-refractivity contribution >= 4 is 93.2 Å². The summed E-state index contributed by atoms with van der Waals surface area (Å²) in [5, 5.41) is 76.3.